The lowest BCUT2D eigenvalue weighted by Gasteiger charge is -2.34. The first-order valence-electron chi connectivity index (χ1n) is 6.26. The monoisotopic (exact) mass is 239 g/mol. The summed E-state index contributed by atoms with van der Waals surface area (Å²) in [5, 5.41) is 20.1. The number of carbonyl (C=O) groups is 1. The minimum atomic E-state index is -0.0231. The fraction of sp³-hybridized carbons (Fsp3) is 0.833. The highest BCUT2D eigenvalue weighted by molar-refractivity contribution is 5.78. The Bertz CT molecular complexity index is 273. The number of hydrogen-bond acceptors (Lipinski definition) is 4. The smallest absolute Gasteiger partial charge is 0.234 e. The maximum Gasteiger partial charge on any atom is 0.234 e. The summed E-state index contributed by atoms with van der Waals surface area (Å²) in [5.74, 6) is -0.0231. The molecule has 0 aromatic carbocycles. The maximum absolute atomic E-state index is 11.6. The van der Waals surface area contributed by atoms with Crippen molar-refractivity contribution in [1.82, 2.24) is 10.2 Å². The lowest BCUT2D eigenvalue weighted by molar-refractivity contribution is -0.123. The van der Waals surface area contributed by atoms with E-state index < -0.39 is 0 Å². The Morgan fingerprint density at radius 2 is 2.35 bits per heavy atom. The summed E-state index contributed by atoms with van der Waals surface area (Å²) < 4.78 is 0. The van der Waals surface area contributed by atoms with E-state index in [1.807, 2.05) is 6.07 Å². The fourth-order valence-electron chi connectivity index (χ4n) is 2.24. The molecule has 96 valence electrons. The van der Waals surface area contributed by atoms with Crippen molar-refractivity contribution in [2.24, 2.45) is 0 Å². The minimum absolute atomic E-state index is 0.0231. The quantitative estimate of drug-likeness (QED) is 0.652. The first-order valence-corrected chi connectivity index (χ1v) is 6.26. The standard InChI is InChI=1S/C12H21N3O2/c13-6-3-7-14-12(17)10-15-8-2-1-4-11(15)5-9-16/h11,16H,1-5,7-10H2,(H,14,17). The molecule has 0 saturated carbocycles. The van der Waals surface area contributed by atoms with Gasteiger partial charge in [0.05, 0.1) is 19.0 Å². The highest BCUT2D eigenvalue weighted by Crippen LogP contribution is 2.18. The zero-order valence-electron chi connectivity index (χ0n) is 10.2. The number of piperidine rings is 1. The summed E-state index contributed by atoms with van der Waals surface area (Å²) in [6, 6.07) is 2.32. The Morgan fingerprint density at radius 1 is 1.53 bits per heavy atom. The first kappa shape index (κ1) is 13.9. The van der Waals surface area contributed by atoms with Crippen LogP contribution in [0.4, 0.5) is 0 Å². The molecule has 0 aromatic rings. The van der Waals surface area contributed by atoms with E-state index in [9.17, 15) is 4.79 Å². The van der Waals surface area contributed by atoms with Gasteiger partial charge in [-0.2, -0.15) is 5.26 Å². The van der Waals surface area contributed by atoms with Crippen LogP contribution in [-0.4, -0.2) is 48.2 Å². The molecule has 0 aromatic heterocycles. The zero-order valence-corrected chi connectivity index (χ0v) is 10.2. The average Bonchev–Trinajstić information content (AvgIpc) is 2.32. The summed E-state index contributed by atoms with van der Waals surface area (Å²) in [5.41, 5.74) is 0. The van der Waals surface area contributed by atoms with Crippen LogP contribution in [0, 0.1) is 11.3 Å². The van der Waals surface area contributed by atoms with E-state index in [1.54, 1.807) is 0 Å². The lowest BCUT2D eigenvalue weighted by atomic mass is 10.00. The third-order valence-corrected chi connectivity index (χ3v) is 3.12. The predicted octanol–water partition coefficient (Wildman–Crippen LogP) is 0.253. The molecule has 0 bridgehead atoms. The fourth-order valence-corrected chi connectivity index (χ4v) is 2.24. The third-order valence-electron chi connectivity index (χ3n) is 3.12. The van der Waals surface area contributed by atoms with Crippen molar-refractivity contribution < 1.29 is 9.90 Å². The van der Waals surface area contributed by atoms with Crippen LogP contribution in [0.3, 0.4) is 0 Å². The SMILES string of the molecule is N#CCCNC(=O)CN1CCCCC1CCO. The van der Waals surface area contributed by atoms with Gasteiger partial charge in [-0.3, -0.25) is 9.69 Å². The van der Waals surface area contributed by atoms with Crippen LogP contribution in [0.5, 0.6) is 0 Å². The summed E-state index contributed by atoms with van der Waals surface area (Å²) >= 11 is 0. The number of aliphatic hydroxyl groups excluding tert-OH is 1. The molecule has 5 nitrogen and oxygen atoms in total. The second kappa shape index (κ2) is 8.04. The van der Waals surface area contributed by atoms with Crippen molar-refractivity contribution in [3.63, 3.8) is 0 Å². The zero-order chi connectivity index (χ0) is 12.5. The van der Waals surface area contributed by atoms with Gasteiger partial charge in [-0.1, -0.05) is 6.42 Å². The van der Waals surface area contributed by atoms with E-state index in [2.05, 4.69) is 10.2 Å². The largest absolute Gasteiger partial charge is 0.396 e. The van der Waals surface area contributed by atoms with Crippen LogP contribution < -0.4 is 5.32 Å². The van der Waals surface area contributed by atoms with Crippen LogP contribution in [-0.2, 0) is 4.79 Å². The van der Waals surface area contributed by atoms with E-state index in [-0.39, 0.29) is 12.5 Å². The topological polar surface area (TPSA) is 76.4 Å². The molecule has 0 aliphatic carbocycles. The van der Waals surface area contributed by atoms with E-state index in [0.29, 0.717) is 25.6 Å². The van der Waals surface area contributed by atoms with Crippen LogP contribution in [0.1, 0.15) is 32.1 Å². The molecule has 1 fully saturated rings. The molecule has 1 atom stereocenters. The molecule has 1 aliphatic heterocycles. The van der Waals surface area contributed by atoms with Gasteiger partial charge in [0, 0.05) is 19.2 Å². The molecule has 17 heavy (non-hydrogen) atoms. The van der Waals surface area contributed by atoms with Gasteiger partial charge in [0.15, 0.2) is 0 Å². The van der Waals surface area contributed by atoms with E-state index in [0.717, 1.165) is 25.8 Å². The Hall–Kier alpha value is -1.12. The second-order valence-corrected chi connectivity index (χ2v) is 4.39. The van der Waals surface area contributed by atoms with Gasteiger partial charge >= 0.3 is 0 Å². The number of nitrogens with zero attached hydrogens (tertiary/aromatic N) is 2. The maximum atomic E-state index is 11.6. The van der Waals surface area contributed by atoms with Crippen molar-refractivity contribution >= 4 is 5.91 Å². The van der Waals surface area contributed by atoms with Crippen LogP contribution in [0.15, 0.2) is 0 Å². The van der Waals surface area contributed by atoms with Crippen LogP contribution >= 0.6 is 0 Å². The molecular formula is C12H21N3O2. The molecule has 1 unspecified atom stereocenters. The minimum Gasteiger partial charge on any atom is -0.396 e. The van der Waals surface area contributed by atoms with Crippen molar-refractivity contribution in [3.8, 4) is 6.07 Å². The predicted molar refractivity (Wildman–Crippen MR) is 64.2 cm³/mol. The Labute approximate surface area is 102 Å². The molecule has 0 radical (unpaired) electrons. The number of aliphatic hydroxyl groups is 1. The number of rotatable bonds is 6. The normalized spacial score (nSPS) is 20.8. The Morgan fingerprint density at radius 3 is 3.06 bits per heavy atom. The highest BCUT2D eigenvalue weighted by Gasteiger charge is 2.23. The number of amides is 1. The van der Waals surface area contributed by atoms with Gasteiger partial charge in [-0.05, 0) is 25.8 Å². The number of nitriles is 1. The van der Waals surface area contributed by atoms with Crippen molar-refractivity contribution in [1.29, 1.82) is 5.26 Å². The van der Waals surface area contributed by atoms with Crippen molar-refractivity contribution in [2.45, 2.75) is 38.1 Å². The number of hydrogen-bond donors (Lipinski definition) is 2. The summed E-state index contributed by atoms with van der Waals surface area (Å²) in [4.78, 5) is 13.8. The molecule has 1 aliphatic rings. The Kier molecular flexibility index (Phi) is 6.60. The van der Waals surface area contributed by atoms with Gasteiger partial charge in [0.2, 0.25) is 5.91 Å². The first-order chi connectivity index (χ1) is 8.27. The van der Waals surface area contributed by atoms with Crippen molar-refractivity contribution in [2.75, 3.05) is 26.2 Å². The highest BCUT2D eigenvalue weighted by atomic mass is 16.3. The van der Waals surface area contributed by atoms with Gasteiger partial charge < -0.3 is 10.4 Å². The number of carbonyl (C=O) groups excluding carboxylic acids is 1. The second-order valence-electron chi connectivity index (χ2n) is 4.39. The van der Waals surface area contributed by atoms with E-state index in [4.69, 9.17) is 10.4 Å². The lowest BCUT2D eigenvalue weighted by Crippen LogP contribution is -2.46. The Balaban J connectivity index is 2.31. The van der Waals surface area contributed by atoms with Crippen LogP contribution in [0.2, 0.25) is 0 Å². The van der Waals surface area contributed by atoms with Gasteiger partial charge in [0.25, 0.3) is 0 Å². The van der Waals surface area contributed by atoms with Gasteiger partial charge in [0.1, 0.15) is 0 Å². The average molecular weight is 239 g/mol. The van der Waals surface area contributed by atoms with Gasteiger partial charge in [-0.15, -0.1) is 0 Å². The molecule has 1 heterocycles. The number of nitrogens with one attached hydrogen (secondary N) is 1. The molecule has 0 spiro atoms. The summed E-state index contributed by atoms with van der Waals surface area (Å²) in [6.07, 6.45) is 4.45. The molecule has 5 heteroatoms. The molecular weight excluding hydrogens is 218 g/mol. The van der Waals surface area contributed by atoms with E-state index >= 15 is 0 Å². The van der Waals surface area contributed by atoms with E-state index in [1.165, 1.54) is 6.42 Å². The molecule has 1 rings (SSSR count). The molecule has 1 amide bonds. The third kappa shape index (κ3) is 5.16. The summed E-state index contributed by atoms with van der Waals surface area (Å²) in [7, 11) is 0. The van der Waals surface area contributed by atoms with Crippen molar-refractivity contribution in [3.05, 3.63) is 0 Å². The molecule has 1 saturated heterocycles. The molecule has 2 N–H and O–H groups in total. The van der Waals surface area contributed by atoms with Crippen LogP contribution in [0.25, 0.3) is 0 Å². The summed E-state index contributed by atoms with van der Waals surface area (Å²) in [6.45, 7) is 1.91. The van der Waals surface area contributed by atoms with Gasteiger partial charge in [-0.25, -0.2) is 0 Å². The number of likely N-dealkylation sites (tertiary alicyclic amines) is 1.